The molecule has 0 radical (unpaired) electrons. The maximum absolute atomic E-state index is 14.1. The van der Waals surface area contributed by atoms with Gasteiger partial charge in [-0.3, -0.25) is 4.79 Å². The number of halogens is 2. The molecular weight excluding hydrogens is 352 g/mol. The third-order valence-corrected chi connectivity index (χ3v) is 4.66. The van der Waals surface area contributed by atoms with Crippen molar-refractivity contribution in [3.8, 4) is 5.75 Å². The fourth-order valence-electron chi connectivity index (χ4n) is 3.01. The van der Waals surface area contributed by atoms with E-state index in [1.807, 2.05) is 31.2 Å². The predicted molar refractivity (Wildman–Crippen MR) is 97.8 cm³/mol. The van der Waals surface area contributed by atoms with Gasteiger partial charge >= 0.3 is 0 Å². The van der Waals surface area contributed by atoms with Gasteiger partial charge in [0.05, 0.1) is 19.6 Å². The SMILES string of the molecule is Cc1ccc(OC[C@@H]2CN(C(=O)Cc3c(F)ccc(C)c3F)CCO2)cc1. The number of morpholine rings is 1. The second kappa shape index (κ2) is 8.48. The first-order chi connectivity index (χ1) is 12.9. The summed E-state index contributed by atoms with van der Waals surface area (Å²) in [4.78, 5) is 14.1. The minimum absolute atomic E-state index is 0.182. The van der Waals surface area contributed by atoms with Crippen molar-refractivity contribution in [1.29, 1.82) is 0 Å². The molecule has 0 unspecified atom stereocenters. The van der Waals surface area contributed by atoms with E-state index in [9.17, 15) is 13.6 Å². The molecule has 1 heterocycles. The van der Waals surface area contributed by atoms with Crippen molar-refractivity contribution in [3.63, 3.8) is 0 Å². The average Bonchev–Trinajstić information content (AvgIpc) is 2.68. The Balaban J connectivity index is 1.58. The summed E-state index contributed by atoms with van der Waals surface area (Å²) in [5.74, 6) is -0.937. The van der Waals surface area contributed by atoms with E-state index in [2.05, 4.69) is 0 Å². The molecule has 1 aliphatic heterocycles. The molecule has 1 amide bonds. The predicted octanol–water partition coefficient (Wildman–Crippen LogP) is 3.43. The van der Waals surface area contributed by atoms with Gasteiger partial charge < -0.3 is 14.4 Å². The molecular formula is C21H23F2NO3. The number of amides is 1. The highest BCUT2D eigenvalue weighted by Crippen LogP contribution is 2.19. The summed E-state index contributed by atoms with van der Waals surface area (Å²) in [6.45, 7) is 4.95. The van der Waals surface area contributed by atoms with Crippen LogP contribution in [-0.2, 0) is 16.0 Å². The van der Waals surface area contributed by atoms with Gasteiger partial charge in [0.1, 0.15) is 30.1 Å². The molecule has 0 saturated carbocycles. The van der Waals surface area contributed by atoms with E-state index in [0.29, 0.717) is 31.9 Å². The monoisotopic (exact) mass is 375 g/mol. The number of benzene rings is 2. The van der Waals surface area contributed by atoms with E-state index in [4.69, 9.17) is 9.47 Å². The molecule has 27 heavy (non-hydrogen) atoms. The van der Waals surface area contributed by atoms with Gasteiger partial charge in [0.25, 0.3) is 0 Å². The molecule has 1 fully saturated rings. The lowest BCUT2D eigenvalue weighted by Crippen LogP contribution is -2.48. The van der Waals surface area contributed by atoms with E-state index in [1.54, 1.807) is 11.8 Å². The standard InChI is InChI=1S/C21H23F2NO3/c1-14-3-6-16(7-4-14)27-13-17-12-24(9-10-26-17)20(25)11-18-19(22)8-5-15(2)21(18)23/h3-8,17H,9-13H2,1-2H3/t17-/m0/s1. The molecule has 6 heteroatoms. The highest BCUT2D eigenvalue weighted by molar-refractivity contribution is 5.79. The Morgan fingerprint density at radius 1 is 1.19 bits per heavy atom. The summed E-state index contributed by atoms with van der Waals surface area (Å²) in [5.41, 5.74) is 1.29. The van der Waals surface area contributed by atoms with Crippen LogP contribution in [0.5, 0.6) is 5.75 Å². The molecule has 1 aliphatic rings. The van der Waals surface area contributed by atoms with E-state index in [-0.39, 0.29) is 24.0 Å². The highest BCUT2D eigenvalue weighted by atomic mass is 19.1. The van der Waals surface area contributed by atoms with Crippen LogP contribution in [0.1, 0.15) is 16.7 Å². The normalized spacial score (nSPS) is 17.0. The molecule has 1 atom stereocenters. The molecule has 144 valence electrons. The summed E-state index contributed by atoms with van der Waals surface area (Å²) in [6.07, 6.45) is -0.582. The molecule has 0 N–H and O–H groups in total. The molecule has 1 saturated heterocycles. The highest BCUT2D eigenvalue weighted by Gasteiger charge is 2.26. The van der Waals surface area contributed by atoms with Crippen molar-refractivity contribution >= 4 is 5.91 Å². The van der Waals surface area contributed by atoms with Gasteiger partial charge in [0.15, 0.2) is 0 Å². The Morgan fingerprint density at radius 3 is 2.67 bits per heavy atom. The van der Waals surface area contributed by atoms with E-state index in [1.165, 1.54) is 12.1 Å². The third kappa shape index (κ3) is 4.83. The van der Waals surface area contributed by atoms with Gasteiger partial charge in [0, 0.05) is 12.1 Å². The quantitative estimate of drug-likeness (QED) is 0.804. The van der Waals surface area contributed by atoms with Crippen molar-refractivity contribution in [2.24, 2.45) is 0 Å². The third-order valence-electron chi connectivity index (χ3n) is 4.66. The van der Waals surface area contributed by atoms with Crippen LogP contribution >= 0.6 is 0 Å². The minimum Gasteiger partial charge on any atom is -0.491 e. The maximum Gasteiger partial charge on any atom is 0.227 e. The molecule has 0 aliphatic carbocycles. The van der Waals surface area contributed by atoms with Crippen LogP contribution in [0.3, 0.4) is 0 Å². The zero-order valence-corrected chi connectivity index (χ0v) is 15.5. The Kier molecular flexibility index (Phi) is 6.06. The smallest absolute Gasteiger partial charge is 0.227 e. The van der Waals surface area contributed by atoms with Crippen molar-refractivity contribution in [2.45, 2.75) is 26.4 Å². The van der Waals surface area contributed by atoms with E-state index < -0.39 is 11.6 Å². The van der Waals surface area contributed by atoms with Crippen molar-refractivity contribution in [2.75, 3.05) is 26.3 Å². The van der Waals surface area contributed by atoms with Crippen LogP contribution < -0.4 is 4.74 Å². The molecule has 0 spiro atoms. The minimum atomic E-state index is -0.695. The van der Waals surface area contributed by atoms with Gasteiger partial charge in [-0.05, 0) is 37.6 Å². The maximum atomic E-state index is 14.1. The number of ether oxygens (including phenoxy) is 2. The lowest BCUT2D eigenvalue weighted by Gasteiger charge is -2.33. The Labute approximate surface area is 157 Å². The first kappa shape index (κ1) is 19.3. The summed E-state index contributed by atoms with van der Waals surface area (Å²) in [6, 6.07) is 10.2. The van der Waals surface area contributed by atoms with Crippen molar-refractivity contribution < 1.29 is 23.0 Å². The van der Waals surface area contributed by atoms with Crippen LogP contribution in [0.4, 0.5) is 8.78 Å². The molecule has 2 aromatic rings. The van der Waals surface area contributed by atoms with Gasteiger partial charge in [-0.15, -0.1) is 0 Å². The Bertz CT molecular complexity index is 808. The molecule has 0 bridgehead atoms. The molecule has 2 aromatic carbocycles. The first-order valence-corrected chi connectivity index (χ1v) is 8.96. The summed E-state index contributed by atoms with van der Waals surface area (Å²) in [5, 5.41) is 0. The Hall–Kier alpha value is -2.47. The number of aryl methyl sites for hydroxylation is 2. The van der Waals surface area contributed by atoms with Gasteiger partial charge in [0.2, 0.25) is 5.91 Å². The topological polar surface area (TPSA) is 38.8 Å². The van der Waals surface area contributed by atoms with Crippen LogP contribution in [0, 0.1) is 25.5 Å². The van der Waals surface area contributed by atoms with Gasteiger partial charge in [-0.1, -0.05) is 23.8 Å². The van der Waals surface area contributed by atoms with Crippen molar-refractivity contribution in [3.05, 3.63) is 64.7 Å². The molecule has 3 rings (SSSR count). The van der Waals surface area contributed by atoms with E-state index in [0.717, 1.165) is 11.3 Å². The number of hydrogen-bond donors (Lipinski definition) is 0. The fraction of sp³-hybridized carbons (Fsp3) is 0.381. The lowest BCUT2D eigenvalue weighted by molar-refractivity contribution is -0.139. The fourth-order valence-corrected chi connectivity index (χ4v) is 3.01. The molecule has 0 aromatic heterocycles. The second-order valence-electron chi connectivity index (χ2n) is 6.79. The molecule has 4 nitrogen and oxygen atoms in total. The largest absolute Gasteiger partial charge is 0.491 e. The first-order valence-electron chi connectivity index (χ1n) is 8.96. The average molecular weight is 375 g/mol. The van der Waals surface area contributed by atoms with Crippen LogP contribution in [-0.4, -0.2) is 43.2 Å². The van der Waals surface area contributed by atoms with E-state index >= 15 is 0 Å². The van der Waals surface area contributed by atoms with Crippen LogP contribution in [0.25, 0.3) is 0 Å². The zero-order chi connectivity index (χ0) is 19.4. The summed E-state index contributed by atoms with van der Waals surface area (Å²) in [7, 11) is 0. The second-order valence-corrected chi connectivity index (χ2v) is 6.79. The number of carbonyl (C=O) groups excluding carboxylic acids is 1. The number of carbonyl (C=O) groups is 1. The van der Waals surface area contributed by atoms with Gasteiger partial charge in [-0.25, -0.2) is 8.78 Å². The summed E-state index contributed by atoms with van der Waals surface area (Å²) >= 11 is 0. The zero-order valence-electron chi connectivity index (χ0n) is 15.5. The summed E-state index contributed by atoms with van der Waals surface area (Å²) < 4.78 is 39.4. The lowest BCUT2D eigenvalue weighted by atomic mass is 10.1. The number of hydrogen-bond acceptors (Lipinski definition) is 3. The van der Waals surface area contributed by atoms with Crippen LogP contribution in [0.2, 0.25) is 0 Å². The van der Waals surface area contributed by atoms with Gasteiger partial charge in [-0.2, -0.15) is 0 Å². The Morgan fingerprint density at radius 2 is 1.93 bits per heavy atom. The van der Waals surface area contributed by atoms with Crippen molar-refractivity contribution in [1.82, 2.24) is 4.90 Å². The number of rotatable bonds is 5. The number of nitrogens with zero attached hydrogens (tertiary/aromatic N) is 1. The van der Waals surface area contributed by atoms with Crippen LogP contribution in [0.15, 0.2) is 36.4 Å².